The van der Waals surface area contributed by atoms with Crippen molar-refractivity contribution >= 4 is 17.4 Å². The van der Waals surface area contributed by atoms with Crippen molar-refractivity contribution in [3.63, 3.8) is 0 Å². The number of hydrogen-bond acceptors (Lipinski definition) is 7. The summed E-state index contributed by atoms with van der Waals surface area (Å²) < 4.78 is 5.49. The van der Waals surface area contributed by atoms with Gasteiger partial charge in [-0.1, -0.05) is 11.8 Å². The molecule has 1 aliphatic carbocycles. The Kier molecular flexibility index (Phi) is 3.16. The lowest BCUT2D eigenvalue weighted by molar-refractivity contribution is -0.388. The molecule has 2 aromatic rings. The van der Waals surface area contributed by atoms with E-state index in [9.17, 15) is 10.1 Å². The Bertz CT molecular complexity index is 611. The summed E-state index contributed by atoms with van der Waals surface area (Å²) in [6.45, 7) is 0. The Balaban J connectivity index is 1.69. The van der Waals surface area contributed by atoms with Crippen LogP contribution in [-0.2, 0) is 5.75 Å². The van der Waals surface area contributed by atoms with Crippen LogP contribution in [0.4, 0.5) is 5.69 Å². The number of thioether (sulfide) groups is 1. The number of nitrogens with zero attached hydrogens (tertiary/aromatic N) is 4. The van der Waals surface area contributed by atoms with Crippen molar-refractivity contribution in [2.75, 3.05) is 0 Å². The van der Waals surface area contributed by atoms with Crippen LogP contribution in [0.25, 0.3) is 0 Å². The van der Waals surface area contributed by atoms with Crippen LogP contribution < -0.4 is 0 Å². The van der Waals surface area contributed by atoms with Gasteiger partial charge in [0.25, 0.3) is 0 Å². The molecule has 0 atom stereocenters. The molecule has 0 aliphatic heterocycles. The summed E-state index contributed by atoms with van der Waals surface area (Å²) in [5, 5.41) is 19.1. The van der Waals surface area contributed by atoms with Gasteiger partial charge in [-0.25, -0.2) is 4.98 Å². The molecule has 0 aromatic carbocycles. The summed E-state index contributed by atoms with van der Waals surface area (Å²) in [7, 11) is 0. The average molecular weight is 278 g/mol. The third-order valence-corrected chi connectivity index (χ3v) is 3.67. The molecule has 1 saturated carbocycles. The van der Waals surface area contributed by atoms with E-state index in [1.54, 1.807) is 6.07 Å². The summed E-state index contributed by atoms with van der Waals surface area (Å²) in [5.41, 5.74) is -0.00516. The minimum atomic E-state index is -0.446. The standard InChI is InChI=1S/C11H10N4O3S/c16-15(17)8-2-1-5-12-11(8)19-6-9-13-14-10(18-9)7-3-4-7/h1-2,5,7H,3-4,6H2. The maximum absolute atomic E-state index is 10.8. The second kappa shape index (κ2) is 4.96. The Hall–Kier alpha value is -1.96. The molecule has 0 radical (unpaired) electrons. The minimum absolute atomic E-state index is 0.00516. The molecular formula is C11H10N4O3S. The molecule has 98 valence electrons. The largest absolute Gasteiger partial charge is 0.424 e. The van der Waals surface area contributed by atoms with E-state index in [4.69, 9.17) is 4.42 Å². The number of aromatic nitrogens is 3. The first kappa shape index (κ1) is 12.1. The van der Waals surface area contributed by atoms with Crippen molar-refractivity contribution in [2.24, 2.45) is 0 Å². The topological polar surface area (TPSA) is 95.0 Å². The highest BCUT2D eigenvalue weighted by Gasteiger charge is 2.29. The van der Waals surface area contributed by atoms with Crippen molar-refractivity contribution in [2.45, 2.75) is 29.5 Å². The van der Waals surface area contributed by atoms with Crippen LogP contribution in [-0.4, -0.2) is 20.1 Å². The normalized spacial score (nSPS) is 14.5. The average Bonchev–Trinajstić information content (AvgIpc) is 3.16. The quantitative estimate of drug-likeness (QED) is 0.471. The lowest BCUT2D eigenvalue weighted by Crippen LogP contribution is -1.93. The fourth-order valence-corrected chi connectivity index (χ4v) is 2.39. The third kappa shape index (κ3) is 2.73. The van der Waals surface area contributed by atoms with Crippen molar-refractivity contribution < 1.29 is 9.34 Å². The maximum atomic E-state index is 10.8. The predicted octanol–water partition coefficient (Wildman–Crippen LogP) is 2.54. The second-order valence-corrected chi connectivity index (χ2v) is 5.15. The van der Waals surface area contributed by atoms with E-state index >= 15 is 0 Å². The zero-order valence-corrected chi connectivity index (χ0v) is 10.7. The van der Waals surface area contributed by atoms with Crippen LogP contribution >= 0.6 is 11.8 Å². The Labute approximate surface area is 112 Å². The van der Waals surface area contributed by atoms with Crippen LogP contribution in [0.2, 0.25) is 0 Å². The molecule has 2 heterocycles. The van der Waals surface area contributed by atoms with Crippen LogP contribution in [0.5, 0.6) is 0 Å². The monoisotopic (exact) mass is 278 g/mol. The van der Waals surface area contributed by atoms with E-state index in [0.29, 0.717) is 28.5 Å². The van der Waals surface area contributed by atoms with Gasteiger partial charge in [-0.15, -0.1) is 10.2 Å². The van der Waals surface area contributed by atoms with Crippen molar-refractivity contribution in [1.82, 2.24) is 15.2 Å². The molecule has 0 bridgehead atoms. The zero-order chi connectivity index (χ0) is 13.2. The summed E-state index contributed by atoms with van der Waals surface area (Å²) in [6, 6.07) is 2.97. The SMILES string of the molecule is O=[N+]([O-])c1cccnc1SCc1nnc(C2CC2)o1. The highest BCUT2D eigenvalue weighted by molar-refractivity contribution is 7.98. The number of nitro groups is 1. The van der Waals surface area contributed by atoms with Crippen LogP contribution in [0.15, 0.2) is 27.8 Å². The molecule has 0 unspecified atom stereocenters. The zero-order valence-electron chi connectivity index (χ0n) is 9.85. The maximum Gasteiger partial charge on any atom is 0.301 e. The predicted molar refractivity (Wildman–Crippen MR) is 66.7 cm³/mol. The smallest absolute Gasteiger partial charge is 0.301 e. The molecule has 19 heavy (non-hydrogen) atoms. The van der Waals surface area contributed by atoms with Gasteiger partial charge in [-0.05, 0) is 18.9 Å². The first-order chi connectivity index (χ1) is 9.24. The van der Waals surface area contributed by atoms with E-state index in [1.165, 1.54) is 24.0 Å². The fraction of sp³-hybridized carbons (Fsp3) is 0.364. The minimum Gasteiger partial charge on any atom is -0.424 e. The molecular weight excluding hydrogens is 268 g/mol. The van der Waals surface area contributed by atoms with Gasteiger partial charge < -0.3 is 4.42 Å². The number of rotatable bonds is 5. The van der Waals surface area contributed by atoms with Crippen LogP contribution in [0.3, 0.4) is 0 Å². The molecule has 1 fully saturated rings. The van der Waals surface area contributed by atoms with Crippen molar-refractivity contribution in [3.8, 4) is 0 Å². The Morgan fingerprint density at radius 1 is 1.47 bits per heavy atom. The van der Waals surface area contributed by atoms with E-state index in [0.717, 1.165) is 12.8 Å². The first-order valence-electron chi connectivity index (χ1n) is 5.78. The van der Waals surface area contributed by atoms with Gasteiger partial charge >= 0.3 is 5.69 Å². The molecule has 0 saturated heterocycles. The van der Waals surface area contributed by atoms with Gasteiger partial charge in [0.15, 0.2) is 5.03 Å². The molecule has 0 amide bonds. The third-order valence-electron chi connectivity index (χ3n) is 2.69. The van der Waals surface area contributed by atoms with Gasteiger partial charge in [-0.3, -0.25) is 10.1 Å². The summed E-state index contributed by atoms with van der Waals surface area (Å²) in [5.74, 6) is 1.95. The Morgan fingerprint density at radius 2 is 2.32 bits per heavy atom. The molecule has 2 aromatic heterocycles. The van der Waals surface area contributed by atoms with E-state index in [-0.39, 0.29) is 5.69 Å². The van der Waals surface area contributed by atoms with E-state index in [2.05, 4.69) is 15.2 Å². The highest BCUT2D eigenvalue weighted by atomic mass is 32.2. The van der Waals surface area contributed by atoms with Gasteiger partial charge in [0, 0.05) is 18.2 Å². The summed E-state index contributed by atoms with van der Waals surface area (Å²) >= 11 is 1.22. The number of pyridine rings is 1. The lowest BCUT2D eigenvalue weighted by Gasteiger charge is -1.98. The van der Waals surface area contributed by atoms with Gasteiger partial charge in [0.1, 0.15) is 0 Å². The van der Waals surface area contributed by atoms with Crippen molar-refractivity contribution in [1.29, 1.82) is 0 Å². The molecule has 0 spiro atoms. The lowest BCUT2D eigenvalue weighted by atomic mass is 10.4. The molecule has 8 heteroatoms. The van der Waals surface area contributed by atoms with Gasteiger partial charge in [-0.2, -0.15) is 0 Å². The van der Waals surface area contributed by atoms with Gasteiger partial charge in [0.2, 0.25) is 11.8 Å². The summed E-state index contributed by atoms with van der Waals surface area (Å²) in [4.78, 5) is 14.4. The van der Waals surface area contributed by atoms with Crippen LogP contribution in [0.1, 0.15) is 30.5 Å². The molecule has 0 N–H and O–H groups in total. The Morgan fingerprint density at radius 3 is 3.05 bits per heavy atom. The highest BCUT2D eigenvalue weighted by Crippen LogP contribution is 2.39. The first-order valence-corrected chi connectivity index (χ1v) is 6.77. The molecule has 7 nitrogen and oxygen atoms in total. The number of hydrogen-bond donors (Lipinski definition) is 0. The second-order valence-electron chi connectivity index (χ2n) is 4.18. The van der Waals surface area contributed by atoms with Crippen LogP contribution in [0, 0.1) is 10.1 Å². The fourth-order valence-electron chi connectivity index (χ4n) is 1.58. The van der Waals surface area contributed by atoms with E-state index in [1.807, 2.05) is 0 Å². The van der Waals surface area contributed by atoms with Gasteiger partial charge in [0.05, 0.1) is 10.7 Å². The molecule has 3 rings (SSSR count). The van der Waals surface area contributed by atoms with E-state index < -0.39 is 4.92 Å². The van der Waals surface area contributed by atoms with Crippen molar-refractivity contribution in [3.05, 3.63) is 40.2 Å². The summed E-state index contributed by atoms with van der Waals surface area (Å²) in [6.07, 6.45) is 3.72. The molecule has 1 aliphatic rings.